The second-order valence-electron chi connectivity index (χ2n) is 5.86. The maximum Gasteiger partial charge on any atom is 0.221 e. The third kappa shape index (κ3) is 7.93. The van der Waals surface area contributed by atoms with Crippen molar-refractivity contribution in [1.82, 2.24) is 10.6 Å². The molecule has 1 aliphatic rings. The normalized spacial score (nSPS) is 13.7. The molecule has 1 atom stereocenters. The highest BCUT2D eigenvalue weighted by molar-refractivity contribution is 7.16. The standard InChI is InChI=1S/C10H13NOS.C7H12N2O3/c1-6-5-9(8-3-4-8)13-10(6)11-7(2)12;1-8-7(12)3-2-6(4-10)9-5-11/h5,8H,3-4H2,1-2H3,(H,11,12);4-6H,2-3H2,1H3,(H,8,12)(H,9,11). The van der Waals surface area contributed by atoms with E-state index in [2.05, 4.69) is 22.0 Å². The van der Waals surface area contributed by atoms with Gasteiger partial charge in [-0.1, -0.05) is 0 Å². The number of rotatable bonds is 8. The summed E-state index contributed by atoms with van der Waals surface area (Å²) in [6, 6.07) is 1.65. The predicted molar refractivity (Wildman–Crippen MR) is 97.7 cm³/mol. The van der Waals surface area contributed by atoms with E-state index in [1.807, 2.05) is 6.92 Å². The van der Waals surface area contributed by atoms with Crippen LogP contribution in [0.4, 0.5) is 5.00 Å². The van der Waals surface area contributed by atoms with Crippen molar-refractivity contribution in [3.8, 4) is 0 Å². The summed E-state index contributed by atoms with van der Waals surface area (Å²) < 4.78 is 0. The van der Waals surface area contributed by atoms with Crippen molar-refractivity contribution < 1.29 is 19.2 Å². The summed E-state index contributed by atoms with van der Waals surface area (Å²) in [6.45, 7) is 3.60. The van der Waals surface area contributed by atoms with E-state index < -0.39 is 6.04 Å². The first-order valence-corrected chi connectivity index (χ1v) is 8.96. The minimum Gasteiger partial charge on any atom is -0.359 e. The zero-order valence-corrected chi connectivity index (χ0v) is 15.6. The van der Waals surface area contributed by atoms with E-state index >= 15 is 0 Å². The van der Waals surface area contributed by atoms with Crippen LogP contribution in [0.15, 0.2) is 6.07 Å². The fourth-order valence-electron chi connectivity index (χ4n) is 2.05. The number of carbonyl (C=O) groups excluding carboxylic acids is 4. The molecular formula is C17H25N3O4S. The van der Waals surface area contributed by atoms with Crippen LogP contribution in [0.2, 0.25) is 0 Å². The average molecular weight is 367 g/mol. The Labute approximate surface area is 151 Å². The number of aldehydes is 1. The summed E-state index contributed by atoms with van der Waals surface area (Å²) in [6.07, 6.45) is 4.27. The van der Waals surface area contributed by atoms with Gasteiger partial charge in [0.05, 0.1) is 11.0 Å². The molecule has 1 heterocycles. The molecule has 1 aromatic rings. The number of nitrogens with one attached hydrogen (secondary N) is 3. The Morgan fingerprint density at radius 2 is 2.04 bits per heavy atom. The van der Waals surface area contributed by atoms with Gasteiger partial charge >= 0.3 is 0 Å². The van der Waals surface area contributed by atoms with E-state index in [1.165, 1.54) is 30.3 Å². The lowest BCUT2D eigenvalue weighted by Gasteiger charge is -2.06. The molecule has 0 saturated heterocycles. The molecular weight excluding hydrogens is 342 g/mol. The molecule has 8 heteroatoms. The van der Waals surface area contributed by atoms with Crippen LogP contribution in [-0.4, -0.2) is 37.6 Å². The minimum atomic E-state index is -0.556. The topological polar surface area (TPSA) is 104 Å². The first-order chi connectivity index (χ1) is 11.9. The van der Waals surface area contributed by atoms with Crippen molar-refractivity contribution in [3.05, 3.63) is 16.5 Å². The van der Waals surface area contributed by atoms with Crippen LogP contribution in [0.1, 0.15) is 49.0 Å². The average Bonchev–Trinajstić information content (AvgIpc) is 3.36. The Morgan fingerprint density at radius 3 is 2.52 bits per heavy atom. The number of amides is 3. The lowest BCUT2D eigenvalue weighted by molar-refractivity contribution is -0.121. The van der Waals surface area contributed by atoms with Crippen LogP contribution in [0, 0.1) is 6.92 Å². The minimum absolute atomic E-state index is 0.0206. The van der Waals surface area contributed by atoms with Crippen LogP contribution in [0.3, 0.4) is 0 Å². The second-order valence-corrected chi connectivity index (χ2v) is 6.94. The Kier molecular flexibility index (Phi) is 8.83. The van der Waals surface area contributed by atoms with E-state index in [-0.39, 0.29) is 18.2 Å². The molecule has 0 aliphatic heterocycles. The van der Waals surface area contributed by atoms with Crippen LogP contribution < -0.4 is 16.0 Å². The number of anilines is 1. The third-order valence-electron chi connectivity index (χ3n) is 3.61. The molecule has 0 aromatic carbocycles. The largest absolute Gasteiger partial charge is 0.359 e. The van der Waals surface area contributed by atoms with E-state index in [4.69, 9.17) is 0 Å². The fraction of sp³-hybridized carbons (Fsp3) is 0.529. The summed E-state index contributed by atoms with van der Waals surface area (Å²) in [5.74, 6) is 0.660. The van der Waals surface area contributed by atoms with Crippen molar-refractivity contribution in [1.29, 1.82) is 0 Å². The lowest BCUT2D eigenvalue weighted by Crippen LogP contribution is -2.31. The Hall–Kier alpha value is -2.22. The van der Waals surface area contributed by atoms with Gasteiger partial charge in [0.1, 0.15) is 6.29 Å². The first-order valence-electron chi connectivity index (χ1n) is 8.14. The van der Waals surface area contributed by atoms with E-state index in [0.717, 1.165) is 10.9 Å². The Balaban J connectivity index is 0.000000252. The van der Waals surface area contributed by atoms with Gasteiger partial charge in [-0.25, -0.2) is 0 Å². The van der Waals surface area contributed by atoms with E-state index in [9.17, 15) is 19.2 Å². The SMILES string of the molecule is CC(=O)Nc1sc(C2CC2)cc1C.CNC(=O)CCC(C=O)NC=O. The highest BCUT2D eigenvalue weighted by Crippen LogP contribution is 2.45. The van der Waals surface area contributed by atoms with Gasteiger partial charge in [0.2, 0.25) is 18.2 Å². The molecule has 3 amide bonds. The predicted octanol–water partition coefficient (Wildman–Crippen LogP) is 1.72. The van der Waals surface area contributed by atoms with Gasteiger partial charge < -0.3 is 20.7 Å². The van der Waals surface area contributed by atoms with E-state index in [1.54, 1.807) is 18.3 Å². The molecule has 25 heavy (non-hydrogen) atoms. The fourth-order valence-corrected chi connectivity index (χ4v) is 3.34. The molecule has 1 aliphatic carbocycles. The lowest BCUT2D eigenvalue weighted by atomic mass is 10.2. The molecule has 7 nitrogen and oxygen atoms in total. The van der Waals surface area contributed by atoms with Gasteiger partial charge in [-0.15, -0.1) is 11.3 Å². The maximum atomic E-state index is 10.9. The zero-order valence-electron chi connectivity index (χ0n) is 14.8. The molecule has 1 saturated carbocycles. The Bertz CT molecular complexity index is 611. The van der Waals surface area contributed by atoms with Gasteiger partial charge in [-0.2, -0.15) is 0 Å². The van der Waals surface area contributed by atoms with Crippen molar-refractivity contribution in [2.45, 2.75) is 51.5 Å². The number of thiophene rings is 1. The number of carbonyl (C=O) groups is 4. The molecule has 3 N–H and O–H groups in total. The number of hydrogen-bond acceptors (Lipinski definition) is 5. The first kappa shape index (κ1) is 20.8. The van der Waals surface area contributed by atoms with Gasteiger partial charge in [0.15, 0.2) is 0 Å². The highest BCUT2D eigenvalue weighted by atomic mass is 32.1. The third-order valence-corrected chi connectivity index (χ3v) is 4.93. The van der Waals surface area contributed by atoms with Gasteiger partial charge in [-0.3, -0.25) is 14.4 Å². The molecule has 0 radical (unpaired) electrons. The smallest absolute Gasteiger partial charge is 0.221 e. The summed E-state index contributed by atoms with van der Waals surface area (Å²) in [7, 11) is 1.52. The van der Waals surface area contributed by atoms with E-state index in [0.29, 0.717) is 19.1 Å². The second kappa shape index (κ2) is 10.6. The number of aryl methyl sites for hydroxylation is 1. The quantitative estimate of drug-likeness (QED) is 0.609. The molecule has 1 unspecified atom stereocenters. The maximum absolute atomic E-state index is 10.9. The van der Waals surface area contributed by atoms with Gasteiger partial charge in [-0.05, 0) is 43.7 Å². The summed E-state index contributed by atoms with van der Waals surface area (Å²) in [5.41, 5.74) is 1.20. The molecule has 1 aromatic heterocycles. The zero-order chi connectivity index (χ0) is 18.8. The van der Waals surface area contributed by atoms with Crippen LogP contribution in [-0.2, 0) is 19.2 Å². The van der Waals surface area contributed by atoms with Crippen molar-refractivity contribution in [2.75, 3.05) is 12.4 Å². The summed E-state index contributed by atoms with van der Waals surface area (Å²) in [4.78, 5) is 43.1. The van der Waals surface area contributed by atoms with Crippen molar-refractivity contribution >= 4 is 40.8 Å². The Morgan fingerprint density at radius 1 is 1.36 bits per heavy atom. The molecule has 0 bridgehead atoms. The molecule has 138 valence electrons. The van der Waals surface area contributed by atoms with Crippen LogP contribution in [0.5, 0.6) is 0 Å². The van der Waals surface area contributed by atoms with Crippen molar-refractivity contribution in [3.63, 3.8) is 0 Å². The van der Waals surface area contributed by atoms with Gasteiger partial charge in [0, 0.05) is 25.3 Å². The highest BCUT2D eigenvalue weighted by Gasteiger charge is 2.26. The molecule has 0 spiro atoms. The van der Waals surface area contributed by atoms with Crippen molar-refractivity contribution in [2.24, 2.45) is 0 Å². The summed E-state index contributed by atoms with van der Waals surface area (Å²) >= 11 is 1.73. The molecule has 1 fully saturated rings. The number of hydrogen-bond donors (Lipinski definition) is 3. The molecule has 2 rings (SSSR count). The van der Waals surface area contributed by atoms with Crippen LogP contribution >= 0.6 is 11.3 Å². The van der Waals surface area contributed by atoms with Gasteiger partial charge in [0.25, 0.3) is 0 Å². The summed E-state index contributed by atoms with van der Waals surface area (Å²) in [5, 5.41) is 8.58. The van der Waals surface area contributed by atoms with Crippen LogP contribution in [0.25, 0.3) is 0 Å². The monoisotopic (exact) mass is 367 g/mol.